The zero-order valence-corrected chi connectivity index (χ0v) is 19.2. The lowest BCUT2D eigenvalue weighted by atomic mass is 10.1. The number of carbonyl (C=O) groups is 1. The third kappa shape index (κ3) is 5.46. The topological polar surface area (TPSA) is 66.5 Å². The zero-order chi connectivity index (χ0) is 22.6. The first-order valence-electron chi connectivity index (χ1n) is 9.88. The number of nitrogens with one attached hydrogen (secondary N) is 1. The van der Waals surface area contributed by atoms with Gasteiger partial charge in [0.1, 0.15) is 6.54 Å². The lowest BCUT2D eigenvalue weighted by molar-refractivity contribution is -0.120. The molecule has 1 amide bonds. The largest absolute Gasteiger partial charge is 0.348 e. The van der Waals surface area contributed by atoms with E-state index in [1.165, 1.54) is 12.1 Å². The van der Waals surface area contributed by atoms with E-state index in [0.29, 0.717) is 10.7 Å². The van der Waals surface area contributed by atoms with Gasteiger partial charge >= 0.3 is 0 Å². The van der Waals surface area contributed by atoms with E-state index in [4.69, 9.17) is 11.6 Å². The quantitative estimate of drug-likeness (QED) is 0.542. The molecule has 1 N–H and O–H groups in total. The number of amides is 1. The van der Waals surface area contributed by atoms with Gasteiger partial charge in [-0.15, -0.1) is 0 Å². The first-order valence-corrected chi connectivity index (χ1v) is 11.7. The lowest BCUT2D eigenvalue weighted by Gasteiger charge is -2.25. The second kappa shape index (κ2) is 9.54. The molecule has 5 nitrogen and oxygen atoms in total. The summed E-state index contributed by atoms with van der Waals surface area (Å²) in [7, 11) is -3.98. The van der Waals surface area contributed by atoms with E-state index >= 15 is 0 Å². The predicted molar refractivity (Wildman–Crippen MR) is 125 cm³/mol. The maximum Gasteiger partial charge on any atom is 0.264 e. The second-order valence-electron chi connectivity index (χ2n) is 7.46. The normalized spacial score (nSPS) is 12.3. The number of benzene rings is 3. The molecular formula is C24H25ClN2O3S. The number of hydrogen-bond acceptors (Lipinski definition) is 3. The van der Waals surface area contributed by atoms with Crippen LogP contribution in [0, 0.1) is 13.8 Å². The molecule has 3 aromatic carbocycles. The van der Waals surface area contributed by atoms with Crippen molar-refractivity contribution in [3.8, 4) is 0 Å². The van der Waals surface area contributed by atoms with Gasteiger partial charge in [0.25, 0.3) is 10.0 Å². The van der Waals surface area contributed by atoms with Gasteiger partial charge in [-0.25, -0.2) is 8.42 Å². The van der Waals surface area contributed by atoms with Crippen LogP contribution in [0.1, 0.15) is 29.7 Å². The third-order valence-electron chi connectivity index (χ3n) is 5.02. The van der Waals surface area contributed by atoms with Crippen molar-refractivity contribution in [2.75, 3.05) is 10.8 Å². The highest BCUT2D eigenvalue weighted by molar-refractivity contribution is 7.92. The van der Waals surface area contributed by atoms with Gasteiger partial charge in [0.15, 0.2) is 0 Å². The molecule has 0 unspecified atom stereocenters. The number of aryl methyl sites for hydroxylation is 2. The Morgan fingerprint density at radius 1 is 1.00 bits per heavy atom. The highest BCUT2D eigenvalue weighted by atomic mass is 35.5. The molecule has 0 heterocycles. The van der Waals surface area contributed by atoms with Crippen LogP contribution in [0.5, 0.6) is 0 Å². The molecule has 0 spiro atoms. The molecule has 0 bridgehead atoms. The van der Waals surface area contributed by atoms with E-state index in [2.05, 4.69) is 5.32 Å². The summed E-state index contributed by atoms with van der Waals surface area (Å²) in [5.41, 5.74) is 3.03. The highest BCUT2D eigenvalue weighted by Crippen LogP contribution is 2.28. The Hall–Kier alpha value is -2.83. The number of anilines is 1. The van der Waals surface area contributed by atoms with Crippen LogP contribution >= 0.6 is 11.6 Å². The van der Waals surface area contributed by atoms with Gasteiger partial charge in [0.2, 0.25) is 5.91 Å². The van der Waals surface area contributed by atoms with Crippen LogP contribution in [0.4, 0.5) is 5.69 Å². The number of halogens is 1. The molecule has 1 atom stereocenters. The summed E-state index contributed by atoms with van der Waals surface area (Å²) in [5.74, 6) is -0.413. The van der Waals surface area contributed by atoms with E-state index in [-0.39, 0.29) is 17.5 Å². The molecule has 0 saturated carbocycles. The van der Waals surface area contributed by atoms with Gasteiger partial charge < -0.3 is 5.32 Å². The molecule has 0 aromatic heterocycles. The monoisotopic (exact) mass is 456 g/mol. The van der Waals surface area contributed by atoms with Crippen LogP contribution in [0.15, 0.2) is 77.7 Å². The van der Waals surface area contributed by atoms with Gasteiger partial charge in [-0.1, -0.05) is 65.7 Å². The van der Waals surface area contributed by atoms with Crippen LogP contribution in [0.3, 0.4) is 0 Å². The molecule has 0 fully saturated rings. The van der Waals surface area contributed by atoms with Crippen LogP contribution in [-0.2, 0) is 14.8 Å². The van der Waals surface area contributed by atoms with Crippen LogP contribution < -0.4 is 9.62 Å². The van der Waals surface area contributed by atoms with Gasteiger partial charge in [-0.3, -0.25) is 9.10 Å². The van der Waals surface area contributed by atoms with Crippen molar-refractivity contribution in [1.82, 2.24) is 5.32 Å². The van der Waals surface area contributed by atoms with Crippen molar-refractivity contribution in [2.45, 2.75) is 31.7 Å². The smallest absolute Gasteiger partial charge is 0.264 e. The fourth-order valence-electron chi connectivity index (χ4n) is 3.13. The van der Waals surface area contributed by atoms with E-state index in [1.807, 2.05) is 51.1 Å². The Bertz CT molecular complexity index is 1160. The maximum atomic E-state index is 13.4. The molecule has 0 radical (unpaired) electrons. The van der Waals surface area contributed by atoms with Crippen molar-refractivity contribution >= 4 is 33.2 Å². The summed E-state index contributed by atoms with van der Waals surface area (Å²) in [5, 5.41) is 3.31. The van der Waals surface area contributed by atoms with E-state index in [0.717, 1.165) is 21.0 Å². The Labute approximate surface area is 188 Å². The molecule has 0 saturated heterocycles. The minimum Gasteiger partial charge on any atom is -0.348 e. The molecular weight excluding hydrogens is 432 g/mol. The lowest BCUT2D eigenvalue weighted by Crippen LogP contribution is -2.41. The number of sulfonamides is 1. The van der Waals surface area contributed by atoms with Gasteiger partial charge in [0.05, 0.1) is 16.6 Å². The molecule has 0 aliphatic carbocycles. The van der Waals surface area contributed by atoms with Crippen molar-refractivity contribution in [3.05, 3.63) is 94.5 Å². The standard InChI is InChI=1S/C24H25ClN2O3S/c1-17-9-13-22(14-10-17)31(29,30)27(21-12-11-18(2)23(25)15-21)16-24(28)26-19(3)20-7-5-4-6-8-20/h4-15,19H,16H2,1-3H3,(H,26,28)/t19-/m1/s1. The van der Waals surface area contributed by atoms with Crippen molar-refractivity contribution in [1.29, 1.82) is 0 Å². The molecule has 0 aliphatic rings. The van der Waals surface area contributed by atoms with Gasteiger partial charge in [0, 0.05) is 5.02 Å². The summed E-state index contributed by atoms with van der Waals surface area (Å²) >= 11 is 6.25. The predicted octanol–water partition coefficient (Wildman–Crippen LogP) is 5.03. The van der Waals surface area contributed by atoms with Crippen LogP contribution in [0.2, 0.25) is 5.02 Å². The number of hydrogen-bond donors (Lipinski definition) is 1. The molecule has 3 aromatic rings. The minimum absolute atomic E-state index is 0.110. The van der Waals surface area contributed by atoms with Crippen molar-refractivity contribution in [3.63, 3.8) is 0 Å². The Balaban J connectivity index is 1.93. The SMILES string of the molecule is Cc1ccc(S(=O)(=O)N(CC(=O)N[C@H](C)c2ccccc2)c2ccc(C)c(Cl)c2)cc1. The van der Waals surface area contributed by atoms with Crippen LogP contribution in [-0.4, -0.2) is 20.9 Å². The molecule has 0 aliphatic heterocycles. The number of carbonyl (C=O) groups excluding carboxylic acids is 1. The Morgan fingerprint density at radius 2 is 1.65 bits per heavy atom. The summed E-state index contributed by atoms with van der Waals surface area (Å²) < 4.78 is 28.0. The summed E-state index contributed by atoms with van der Waals surface area (Å²) in [6, 6.07) is 20.7. The first-order chi connectivity index (χ1) is 14.7. The molecule has 31 heavy (non-hydrogen) atoms. The Morgan fingerprint density at radius 3 is 2.26 bits per heavy atom. The average Bonchev–Trinajstić information content (AvgIpc) is 2.75. The summed E-state index contributed by atoms with van der Waals surface area (Å²) in [6.07, 6.45) is 0. The van der Waals surface area contributed by atoms with Crippen molar-refractivity contribution < 1.29 is 13.2 Å². The second-order valence-corrected chi connectivity index (χ2v) is 9.73. The average molecular weight is 457 g/mol. The first kappa shape index (κ1) is 22.8. The van der Waals surface area contributed by atoms with E-state index in [1.54, 1.807) is 30.3 Å². The van der Waals surface area contributed by atoms with E-state index < -0.39 is 15.9 Å². The summed E-state index contributed by atoms with van der Waals surface area (Å²) in [6.45, 7) is 5.20. The number of rotatable bonds is 7. The maximum absolute atomic E-state index is 13.4. The Kier molecular flexibility index (Phi) is 7.03. The van der Waals surface area contributed by atoms with Crippen molar-refractivity contribution in [2.24, 2.45) is 0 Å². The highest BCUT2D eigenvalue weighted by Gasteiger charge is 2.28. The fraction of sp³-hybridized carbons (Fsp3) is 0.208. The van der Waals surface area contributed by atoms with Gasteiger partial charge in [-0.05, 0) is 56.2 Å². The molecule has 7 heteroatoms. The summed E-state index contributed by atoms with van der Waals surface area (Å²) in [4.78, 5) is 13.0. The molecule has 162 valence electrons. The zero-order valence-electron chi connectivity index (χ0n) is 17.7. The van der Waals surface area contributed by atoms with Gasteiger partial charge in [-0.2, -0.15) is 0 Å². The molecule has 3 rings (SSSR count). The minimum atomic E-state index is -3.98. The number of nitrogens with zero attached hydrogens (tertiary/aromatic N) is 1. The fourth-order valence-corrected chi connectivity index (χ4v) is 4.72. The van der Waals surface area contributed by atoms with Crippen LogP contribution in [0.25, 0.3) is 0 Å². The third-order valence-corrected chi connectivity index (χ3v) is 7.21. The van der Waals surface area contributed by atoms with E-state index in [9.17, 15) is 13.2 Å².